The summed E-state index contributed by atoms with van der Waals surface area (Å²) >= 11 is 0. The van der Waals surface area contributed by atoms with E-state index < -0.39 is 0 Å². The van der Waals surface area contributed by atoms with Crippen molar-refractivity contribution in [2.75, 3.05) is 11.4 Å². The Morgan fingerprint density at radius 3 is 2.85 bits per heavy atom. The molecular formula is C17H19FN2. The van der Waals surface area contributed by atoms with Crippen molar-refractivity contribution < 1.29 is 4.39 Å². The van der Waals surface area contributed by atoms with Crippen molar-refractivity contribution in [3.8, 4) is 0 Å². The second-order valence-corrected chi connectivity index (χ2v) is 5.48. The zero-order valence-electron chi connectivity index (χ0n) is 11.6. The van der Waals surface area contributed by atoms with E-state index in [1.54, 1.807) is 12.1 Å². The Hall–Kier alpha value is -1.87. The minimum atomic E-state index is -0.172. The third-order valence-corrected chi connectivity index (χ3v) is 3.88. The zero-order chi connectivity index (χ0) is 14.1. The van der Waals surface area contributed by atoms with Gasteiger partial charge in [-0.2, -0.15) is 0 Å². The Bertz CT molecular complexity index is 622. The molecule has 0 bridgehead atoms. The normalized spacial score (nSPS) is 15.2. The average molecular weight is 270 g/mol. The van der Waals surface area contributed by atoms with Crippen LogP contribution < -0.4 is 10.6 Å². The Morgan fingerprint density at radius 2 is 2.10 bits per heavy atom. The molecule has 0 radical (unpaired) electrons. The molecule has 1 atom stereocenters. The number of hydrogen-bond acceptors (Lipinski definition) is 2. The van der Waals surface area contributed by atoms with Crippen LogP contribution in [-0.2, 0) is 13.0 Å². The number of fused-ring (bicyclic) bond motifs is 1. The van der Waals surface area contributed by atoms with Gasteiger partial charge in [-0.1, -0.05) is 24.3 Å². The fraction of sp³-hybridized carbons (Fsp3) is 0.294. The second kappa shape index (κ2) is 5.25. The highest BCUT2D eigenvalue weighted by Crippen LogP contribution is 2.31. The number of rotatable bonds is 3. The van der Waals surface area contributed by atoms with Crippen molar-refractivity contribution in [3.05, 3.63) is 65.0 Å². The van der Waals surface area contributed by atoms with Crippen LogP contribution in [-0.4, -0.2) is 6.54 Å². The van der Waals surface area contributed by atoms with Gasteiger partial charge in [-0.25, -0.2) is 4.39 Å². The van der Waals surface area contributed by atoms with Gasteiger partial charge < -0.3 is 10.6 Å². The predicted octanol–water partition coefficient (Wildman–Crippen LogP) is 3.41. The summed E-state index contributed by atoms with van der Waals surface area (Å²) in [5.74, 6) is -0.172. The lowest BCUT2D eigenvalue weighted by atomic mass is 10.0. The van der Waals surface area contributed by atoms with Gasteiger partial charge in [-0.15, -0.1) is 0 Å². The standard InChI is InChI=1S/C17H19FN2/c1-12(19)14-5-6-17-15(10-14)7-8-20(17)11-13-3-2-4-16(18)9-13/h2-6,9-10,12H,7-8,11,19H2,1H3. The molecule has 1 heterocycles. The van der Waals surface area contributed by atoms with Gasteiger partial charge in [-0.05, 0) is 48.2 Å². The topological polar surface area (TPSA) is 29.3 Å². The molecule has 0 amide bonds. The molecule has 2 aromatic carbocycles. The van der Waals surface area contributed by atoms with E-state index in [9.17, 15) is 4.39 Å². The molecule has 0 saturated carbocycles. The van der Waals surface area contributed by atoms with E-state index in [-0.39, 0.29) is 11.9 Å². The van der Waals surface area contributed by atoms with Crippen LogP contribution in [0, 0.1) is 5.82 Å². The van der Waals surface area contributed by atoms with Gasteiger partial charge in [0.25, 0.3) is 0 Å². The minimum Gasteiger partial charge on any atom is -0.367 e. The highest BCUT2D eigenvalue weighted by Gasteiger charge is 2.19. The van der Waals surface area contributed by atoms with Crippen LogP contribution in [0.1, 0.15) is 29.7 Å². The summed E-state index contributed by atoms with van der Waals surface area (Å²) < 4.78 is 13.2. The molecule has 2 nitrogen and oxygen atoms in total. The van der Waals surface area contributed by atoms with Crippen molar-refractivity contribution in [3.63, 3.8) is 0 Å². The number of benzene rings is 2. The summed E-state index contributed by atoms with van der Waals surface area (Å²) in [6.07, 6.45) is 1.03. The van der Waals surface area contributed by atoms with Gasteiger partial charge >= 0.3 is 0 Å². The van der Waals surface area contributed by atoms with Gasteiger partial charge in [0.05, 0.1) is 0 Å². The zero-order valence-corrected chi connectivity index (χ0v) is 11.6. The summed E-state index contributed by atoms with van der Waals surface area (Å²) in [4.78, 5) is 2.30. The lowest BCUT2D eigenvalue weighted by Crippen LogP contribution is -2.19. The largest absolute Gasteiger partial charge is 0.367 e. The SMILES string of the molecule is CC(N)c1ccc2c(c1)CCN2Cc1cccc(F)c1. The summed E-state index contributed by atoms with van der Waals surface area (Å²) in [5, 5.41) is 0. The quantitative estimate of drug-likeness (QED) is 0.926. The Labute approximate surface area is 119 Å². The molecule has 3 heteroatoms. The van der Waals surface area contributed by atoms with E-state index in [1.165, 1.54) is 22.9 Å². The average Bonchev–Trinajstić information content (AvgIpc) is 2.81. The lowest BCUT2D eigenvalue weighted by Gasteiger charge is -2.20. The van der Waals surface area contributed by atoms with E-state index >= 15 is 0 Å². The van der Waals surface area contributed by atoms with Gasteiger partial charge in [-0.3, -0.25) is 0 Å². The molecule has 0 spiro atoms. The predicted molar refractivity (Wildman–Crippen MR) is 80.2 cm³/mol. The molecule has 0 aromatic heterocycles. The summed E-state index contributed by atoms with van der Waals surface area (Å²) in [5.41, 5.74) is 10.7. The molecule has 0 fully saturated rings. The van der Waals surface area contributed by atoms with Crippen LogP contribution in [0.5, 0.6) is 0 Å². The first kappa shape index (κ1) is 13.1. The van der Waals surface area contributed by atoms with E-state index in [4.69, 9.17) is 5.73 Å². The van der Waals surface area contributed by atoms with Crippen LogP contribution in [0.3, 0.4) is 0 Å². The van der Waals surface area contributed by atoms with Crippen LogP contribution in [0.25, 0.3) is 0 Å². The molecule has 104 valence electrons. The first-order chi connectivity index (χ1) is 9.63. The molecule has 3 rings (SSSR count). The van der Waals surface area contributed by atoms with Crippen molar-refractivity contribution in [2.45, 2.75) is 25.9 Å². The molecule has 2 N–H and O–H groups in total. The number of halogens is 1. The van der Waals surface area contributed by atoms with Gasteiger partial charge in [0.15, 0.2) is 0 Å². The lowest BCUT2D eigenvalue weighted by molar-refractivity contribution is 0.624. The van der Waals surface area contributed by atoms with E-state index in [1.807, 2.05) is 13.0 Å². The Morgan fingerprint density at radius 1 is 1.25 bits per heavy atom. The van der Waals surface area contributed by atoms with Crippen molar-refractivity contribution in [1.29, 1.82) is 0 Å². The molecule has 1 aliphatic rings. The second-order valence-electron chi connectivity index (χ2n) is 5.48. The third kappa shape index (κ3) is 2.54. The minimum absolute atomic E-state index is 0.0672. The molecule has 0 aliphatic carbocycles. The first-order valence-corrected chi connectivity index (χ1v) is 7.01. The van der Waals surface area contributed by atoms with Gasteiger partial charge in [0, 0.05) is 24.8 Å². The summed E-state index contributed by atoms with van der Waals surface area (Å²) in [6.45, 7) is 3.73. The summed E-state index contributed by atoms with van der Waals surface area (Å²) in [6, 6.07) is 13.3. The molecule has 1 aliphatic heterocycles. The third-order valence-electron chi connectivity index (χ3n) is 3.88. The monoisotopic (exact) mass is 270 g/mol. The smallest absolute Gasteiger partial charge is 0.123 e. The van der Waals surface area contributed by atoms with Crippen LogP contribution in [0.15, 0.2) is 42.5 Å². The maximum absolute atomic E-state index is 13.2. The molecule has 0 saturated heterocycles. The fourth-order valence-electron chi connectivity index (χ4n) is 2.79. The van der Waals surface area contributed by atoms with Crippen molar-refractivity contribution >= 4 is 5.69 Å². The van der Waals surface area contributed by atoms with Gasteiger partial charge in [0.1, 0.15) is 5.82 Å². The molecule has 20 heavy (non-hydrogen) atoms. The highest BCUT2D eigenvalue weighted by molar-refractivity contribution is 5.59. The number of hydrogen-bond donors (Lipinski definition) is 1. The maximum atomic E-state index is 13.2. The van der Waals surface area contributed by atoms with E-state index in [0.29, 0.717) is 0 Å². The van der Waals surface area contributed by atoms with E-state index in [2.05, 4.69) is 23.1 Å². The van der Waals surface area contributed by atoms with Crippen molar-refractivity contribution in [2.24, 2.45) is 5.73 Å². The van der Waals surface area contributed by atoms with Crippen molar-refractivity contribution in [1.82, 2.24) is 0 Å². The first-order valence-electron chi connectivity index (χ1n) is 7.01. The Balaban J connectivity index is 1.83. The van der Waals surface area contributed by atoms with Crippen LogP contribution >= 0.6 is 0 Å². The molecular weight excluding hydrogens is 251 g/mol. The number of nitrogens with zero attached hydrogens (tertiary/aromatic N) is 1. The van der Waals surface area contributed by atoms with Crippen LogP contribution in [0.2, 0.25) is 0 Å². The molecule has 2 aromatic rings. The van der Waals surface area contributed by atoms with E-state index in [0.717, 1.165) is 25.1 Å². The maximum Gasteiger partial charge on any atom is 0.123 e. The van der Waals surface area contributed by atoms with Gasteiger partial charge in [0.2, 0.25) is 0 Å². The fourth-order valence-corrected chi connectivity index (χ4v) is 2.79. The Kier molecular flexibility index (Phi) is 3.45. The van der Waals surface area contributed by atoms with Crippen LogP contribution in [0.4, 0.5) is 10.1 Å². The number of anilines is 1. The number of nitrogens with two attached hydrogens (primary N) is 1. The highest BCUT2D eigenvalue weighted by atomic mass is 19.1. The summed E-state index contributed by atoms with van der Waals surface area (Å²) in [7, 11) is 0. The molecule has 1 unspecified atom stereocenters.